The van der Waals surface area contributed by atoms with E-state index >= 15 is 0 Å². The summed E-state index contributed by atoms with van der Waals surface area (Å²) in [6.45, 7) is 2.82. The number of aryl methyl sites for hydroxylation is 2. The van der Waals surface area contributed by atoms with E-state index in [0.717, 1.165) is 33.9 Å². The van der Waals surface area contributed by atoms with Crippen LogP contribution in [0.5, 0.6) is 5.75 Å². The molecule has 0 spiro atoms. The van der Waals surface area contributed by atoms with Gasteiger partial charge in [0, 0.05) is 12.3 Å². The van der Waals surface area contributed by atoms with Gasteiger partial charge in [-0.25, -0.2) is 14.6 Å². The molecule has 1 aromatic heterocycles. The van der Waals surface area contributed by atoms with Gasteiger partial charge in [0.1, 0.15) is 5.75 Å². The fourth-order valence-corrected chi connectivity index (χ4v) is 4.85. The summed E-state index contributed by atoms with van der Waals surface area (Å²) in [5, 5.41) is 0.836. The summed E-state index contributed by atoms with van der Waals surface area (Å²) in [7, 11) is 3.03. The zero-order valence-electron chi connectivity index (χ0n) is 20.5. The van der Waals surface area contributed by atoms with E-state index in [0.29, 0.717) is 30.0 Å². The number of rotatable bonds is 10. The SMILES string of the molecule is CCOC(=O)c1ccc2c(c1)nc(SCc1cccc(C(=O)OC)c1)n2CCc1ccc(OC)cc1. The molecule has 0 saturated heterocycles. The number of hydrogen-bond acceptors (Lipinski definition) is 7. The molecule has 0 aliphatic rings. The first-order valence-corrected chi connectivity index (χ1v) is 12.6. The fourth-order valence-electron chi connectivity index (χ4n) is 3.86. The Hall–Kier alpha value is -3.78. The molecule has 0 atom stereocenters. The number of nitrogens with zero attached hydrogens (tertiary/aromatic N) is 2. The summed E-state index contributed by atoms with van der Waals surface area (Å²) < 4.78 is 17.4. The summed E-state index contributed by atoms with van der Waals surface area (Å²) in [4.78, 5) is 29.0. The van der Waals surface area contributed by atoms with Crippen molar-refractivity contribution >= 4 is 34.7 Å². The van der Waals surface area contributed by atoms with Crippen LogP contribution < -0.4 is 4.74 Å². The van der Waals surface area contributed by atoms with Gasteiger partial charge in [-0.3, -0.25) is 0 Å². The average molecular weight is 505 g/mol. The number of carbonyl (C=O) groups excluding carboxylic acids is 2. The Morgan fingerprint density at radius 2 is 1.69 bits per heavy atom. The van der Waals surface area contributed by atoms with Crippen molar-refractivity contribution in [3.8, 4) is 5.75 Å². The van der Waals surface area contributed by atoms with E-state index in [1.165, 1.54) is 12.7 Å². The number of aromatic nitrogens is 2. The first-order chi connectivity index (χ1) is 17.5. The molecule has 36 heavy (non-hydrogen) atoms. The van der Waals surface area contributed by atoms with Gasteiger partial charge in [-0.1, -0.05) is 36.0 Å². The van der Waals surface area contributed by atoms with Crippen LogP contribution in [0.1, 0.15) is 38.8 Å². The van der Waals surface area contributed by atoms with Crippen LogP contribution in [-0.2, 0) is 28.2 Å². The highest BCUT2D eigenvalue weighted by molar-refractivity contribution is 7.98. The number of thioether (sulfide) groups is 1. The van der Waals surface area contributed by atoms with Gasteiger partial charge in [-0.2, -0.15) is 0 Å². The largest absolute Gasteiger partial charge is 0.497 e. The number of benzene rings is 3. The highest BCUT2D eigenvalue weighted by Gasteiger charge is 2.15. The molecular weight excluding hydrogens is 476 g/mol. The standard InChI is InChI=1S/C28H28N2O5S/c1-4-35-27(32)22-10-13-25-24(17-22)29-28(30(25)15-14-19-8-11-23(33-2)12-9-19)36-18-20-6-5-7-21(16-20)26(31)34-3/h5-13,16-17H,4,14-15,18H2,1-3H3. The van der Waals surface area contributed by atoms with Gasteiger partial charge in [-0.05, 0) is 66.9 Å². The van der Waals surface area contributed by atoms with Gasteiger partial charge in [-0.15, -0.1) is 0 Å². The lowest BCUT2D eigenvalue weighted by Gasteiger charge is -2.10. The molecule has 0 saturated carbocycles. The van der Waals surface area contributed by atoms with Gasteiger partial charge in [0.05, 0.1) is 43.0 Å². The molecule has 0 fully saturated rings. The summed E-state index contributed by atoms with van der Waals surface area (Å²) in [6.07, 6.45) is 0.806. The van der Waals surface area contributed by atoms with Gasteiger partial charge in [0.25, 0.3) is 0 Å². The quantitative estimate of drug-likeness (QED) is 0.207. The van der Waals surface area contributed by atoms with Crippen molar-refractivity contribution in [3.63, 3.8) is 0 Å². The van der Waals surface area contributed by atoms with Gasteiger partial charge in [0.15, 0.2) is 5.16 Å². The Bertz CT molecular complexity index is 1360. The Labute approximate surface area is 214 Å². The maximum Gasteiger partial charge on any atom is 0.338 e. The number of esters is 2. The highest BCUT2D eigenvalue weighted by atomic mass is 32.2. The summed E-state index contributed by atoms with van der Waals surface area (Å²) in [6, 6.07) is 20.9. The molecule has 0 aliphatic heterocycles. The third kappa shape index (κ3) is 5.88. The van der Waals surface area contributed by atoms with Crippen LogP contribution in [0.25, 0.3) is 11.0 Å². The molecule has 0 bridgehead atoms. The molecular formula is C28H28N2O5S. The predicted octanol–water partition coefficient (Wildman–Crippen LogP) is 5.54. The maximum absolute atomic E-state index is 12.3. The van der Waals surface area contributed by atoms with Gasteiger partial charge >= 0.3 is 11.9 Å². The Balaban J connectivity index is 1.61. The Morgan fingerprint density at radius 3 is 2.42 bits per heavy atom. The zero-order valence-corrected chi connectivity index (χ0v) is 21.3. The first kappa shape index (κ1) is 25.3. The van der Waals surface area contributed by atoms with Crippen molar-refractivity contribution in [2.45, 2.75) is 30.8 Å². The lowest BCUT2D eigenvalue weighted by molar-refractivity contribution is 0.0525. The lowest BCUT2D eigenvalue weighted by atomic mass is 10.1. The minimum Gasteiger partial charge on any atom is -0.497 e. The van der Waals surface area contributed by atoms with Gasteiger partial charge in [0.2, 0.25) is 0 Å². The molecule has 0 amide bonds. The molecule has 4 rings (SSSR count). The number of ether oxygens (including phenoxy) is 3. The second kappa shape index (κ2) is 11.8. The molecule has 8 heteroatoms. The lowest BCUT2D eigenvalue weighted by Crippen LogP contribution is -2.05. The Kier molecular flexibility index (Phi) is 8.28. The first-order valence-electron chi connectivity index (χ1n) is 11.6. The van der Waals surface area contributed by atoms with Crippen LogP contribution in [0.15, 0.2) is 71.9 Å². The summed E-state index contributed by atoms with van der Waals surface area (Å²) in [5.41, 5.74) is 4.85. The maximum atomic E-state index is 12.3. The van der Waals surface area contributed by atoms with Crippen molar-refractivity contribution in [2.75, 3.05) is 20.8 Å². The van der Waals surface area contributed by atoms with Crippen LogP contribution in [-0.4, -0.2) is 42.3 Å². The molecule has 7 nitrogen and oxygen atoms in total. The number of fused-ring (bicyclic) bond motifs is 1. The third-order valence-electron chi connectivity index (χ3n) is 5.72. The van der Waals surface area contributed by atoms with E-state index < -0.39 is 0 Å². The number of carbonyl (C=O) groups is 2. The molecule has 0 unspecified atom stereocenters. The zero-order chi connectivity index (χ0) is 25.5. The predicted molar refractivity (Wildman–Crippen MR) is 140 cm³/mol. The molecule has 1 heterocycles. The van der Waals surface area contributed by atoms with Crippen LogP contribution >= 0.6 is 11.8 Å². The second-order valence-electron chi connectivity index (χ2n) is 8.05. The van der Waals surface area contributed by atoms with E-state index in [1.54, 1.807) is 44.0 Å². The monoisotopic (exact) mass is 504 g/mol. The van der Waals surface area contributed by atoms with Crippen molar-refractivity contribution in [2.24, 2.45) is 0 Å². The molecule has 4 aromatic rings. The van der Waals surface area contributed by atoms with E-state index in [9.17, 15) is 9.59 Å². The minimum absolute atomic E-state index is 0.318. The molecule has 0 N–H and O–H groups in total. The topological polar surface area (TPSA) is 79.6 Å². The average Bonchev–Trinajstić information content (AvgIpc) is 3.27. The summed E-state index contributed by atoms with van der Waals surface area (Å²) in [5.74, 6) is 0.728. The van der Waals surface area contributed by atoms with E-state index in [-0.39, 0.29) is 11.9 Å². The van der Waals surface area contributed by atoms with E-state index in [2.05, 4.69) is 16.7 Å². The van der Waals surface area contributed by atoms with E-state index in [1.807, 2.05) is 36.4 Å². The third-order valence-corrected chi connectivity index (χ3v) is 6.77. The van der Waals surface area contributed by atoms with Crippen molar-refractivity contribution in [1.82, 2.24) is 9.55 Å². The number of imidazole rings is 1. The van der Waals surface area contributed by atoms with Crippen LogP contribution in [0.3, 0.4) is 0 Å². The van der Waals surface area contributed by atoms with Crippen molar-refractivity contribution < 1.29 is 23.8 Å². The second-order valence-corrected chi connectivity index (χ2v) is 8.99. The molecule has 186 valence electrons. The number of hydrogen-bond donors (Lipinski definition) is 0. The highest BCUT2D eigenvalue weighted by Crippen LogP contribution is 2.28. The summed E-state index contributed by atoms with van der Waals surface area (Å²) >= 11 is 1.58. The van der Waals surface area contributed by atoms with Crippen LogP contribution in [0.4, 0.5) is 0 Å². The number of methoxy groups -OCH3 is 2. The van der Waals surface area contributed by atoms with Crippen LogP contribution in [0.2, 0.25) is 0 Å². The van der Waals surface area contributed by atoms with Gasteiger partial charge < -0.3 is 18.8 Å². The Morgan fingerprint density at radius 1 is 0.917 bits per heavy atom. The smallest absolute Gasteiger partial charge is 0.338 e. The van der Waals surface area contributed by atoms with Crippen LogP contribution in [0, 0.1) is 0 Å². The van der Waals surface area contributed by atoms with Crippen molar-refractivity contribution in [1.29, 1.82) is 0 Å². The normalized spacial score (nSPS) is 10.9. The fraction of sp³-hybridized carbons (Fsp3) is 0.250. The van der Waals surface area contributed by atoms with E-state index in [4.69, 9.17) is 19.2 Å². The molecule has 3 aromatic carbocycles. The minimum atomic E-state index is -0.361. The van der Waals surface area contributed by atoms with Crippen molar-refractivity contribution in [3.05, 3.63) is 89.0 Å². The molecule has 0 aliphatic carbocycles. The molecule has 0 radical (unpaired) electrons.